The highest BCUT2D eigenvalue weighted by molar-refractivity contribution is 6.01. The number of fused-ring (bicyclic) bond motifs is 3. The molecule has 1 aliphatic heterocycles. The zero-order chi connectivity index (χ0) is 26.2. The molecule has 12 nitrogen and oxygen atoms in total. The molecule has 4 rings (SSSR count). The molecule has 1 aromatic carbocycles. The zero-order valence-corrected chi connectivity index (χ0v) is 20.7. The third-order valence-corrected chi connectivity index (χ3v) is 5.30. The van der Waals surface area contributed by atoms with Crippen LogP contribution in [0.1, 0.15) is 54.0 Å². The molecule has 2 aromatic heterocycles. The summed E-state index contributed by atoms with van der Waals surface area (Å²) < 4.78 is 12.6. The summed E-state index contributed by atoms with van der Waals surface area (Å²) in [5.74, 6) is -1.09. The first-order valence-corrected chi connectivity index (χ1v) is 11.3. The first-order valence-electron chi connectivity index (χ1n) is 11.3. The lowest BCUT2D eigenvalue weighted by atomic mass is 10.1. The Labute approximate surface area is 207 Å². The SMILES string of the molecule is C[C@@H]1COCc2ccc(C(=O)O)c(c2)Nc2cc(N(C)C(=O)OC(C)(C)C)n3ncc(c3n2)C(=O)N1. The lowest BCUT2D eigenvalue weighted by Crippen LogP contribution is -2.36. The Morgan fingerprint density at radius 2 is 2.03 bits per heavy atom. The van der Waals surface area contributed by atoms with E-state index >= 15 is 0 Å². The smallest absolute Gasteiger partial charge is 0.415 e. The number of hydrogen-bond donors (Lipinski definition) is 3. The molecule has 0 saturated carbocycles. The number of anilines is 3. The predicted octanol–water partition coefficient (Wildman–Crippen LogP) is 3.19. The Balaban J connectivity index is 1.89. The standard InChI is InChI=1S/C24H28N6O6/c1-13-11-35-12-14-6-7-15(22(32)33)17(8-14)27-18-9-19(29(5)23(34)36-24(2,3)4)30-20(28-18)16(10-25-30)21(31)26-13/h6-10,13H,11-12H2,1-5H3,(H,26,31)(H,27,28)(H,32,33)/t13-/m1/s1. The van der Waals surface area contributed by atoms with Crippen LogP contribution in [0, 0.1) is 0 Å². The monoisotopic (exact) mass is 496 g/mol. The van der Waals surface area contributed by atoms with Crippen LogP contribution in [-0.4, -0.2) is 63.0 Å². The van der Waals surface area contributed by atoms with Gasteiger partial charge in [0.25, 0.3) is 5.91 Å². The van der Waals surface area contributed by atoms with Gasteiger partial charge in [0.1, 0.15) is 22.8 Å². The summed E-state index contributed by atoms with van der Waals surface area (Å²) in [6.45, 7) is 7.50. The van der Waals surface area contributed by atoms with Crippen molar-refractivity contribution < 1.29 is 29.0 Å². The number of ether oxygens (including phenoxy) is 2. The lowest BCUT2D eigenvalue weighted by molar-refractivity contribution is 0.0586. The van der Waals surface area contributed by atoms with Gasteiger partial charge in [0.2, 0.25) is 0 Å². The maximum atomic E-state index is 13.0. The van der Waals surface area contributed by atoms with Crippen LogP contribution >= 0.6 is 0 Å². The minimum Gasteiger partial charge on any atom is -0.478 e. The fourth-order valence-electron chi connectivity index (χ4n) is 3.64. The Morgan fingerprint density at radius 1 is 1.28 bits per heavy atom. The molecule has 0 unspecified atom stereocenters. The molecule has 0 spiro atoms. The molecule has 1 atom stereocenters. The summed E-state index contributed by atoms with van der Waals surface area (Å²) in [5, 5.41) is 19.9. The van der Waals surface area contributed by atoms with Crippen molar-refractivity contribution in [1.82, 2.24) is 19.9 Å². The second kappa shape index (κ2) is 9.46. The number of carbonyl (C=O) groups is 3. The van der Waals surface area contributed by atoms with E-state index in [0.29, 0.717) is 0 Å². The van der Waals surface area contributed by atoms with Crippen LogP contribution in [0.15, 0.2) is 30.5 Å². The molecule has 0 fully saturated rings. The van der Waals surface area contributed by atoms with Crippen molar-refractivity contribution in [2.75, 3.05) is 23.9 Å². The van der Waals surface area contributed by atoms with Crippen LogP contribution in [0.4, 0.5) is 22.1 Å². The van der Waals surface area contributed by atoms with Crippen LogP contribution < -0.4 is 15.5 Å². The van der Waals surface area contributed by atoms with Gasteiger partial charge in [-0.25, -0.2) is 14.6 Å². The fourth-order valence-corrected chi connectivity index (χ4v) is 3.64. The topological polar surface area (TPSA) is 147 Å². The van der Waals surface area contributed by atoms with Gasteiger partial charge in [-0.2, -0.15) is 9.61 Å². The number of benzene rings is 1. The molecule has 3 N–H and O–H groups in total. The highest BCUT2D eigenvalue weighted by Crippen LogP contribution is 2.28. The number of nitrogens with zero attached hydrogens (tertiary/aromatic N) is 4. The van der Waals surface area contributed by atoms with Crippen LogP contribution in [0.25, 0.3) is 5.65 Å². The molecule has 3 aromatic rings. The molecule has 0 radical (unpaired) electrons. The molecule has 2 amide bonds. The van der Waals surface area contributed by atoms with E-state index in [9.17, 15) is 19.5 Å². The molecule has 0 saturated heterocycles. The van der Waals surface area contributed by atoms with Gasteiger partial charge in [0, 0.05) is 19.2 Å². The van der Waals surface area contributed by atoms with Crippen LogP contribution in [0.2, 0.25) is 0 Å². The van der Waals surface area contributed by atoms with Gasteiger partial charge < -0.3 is 25.2 Å². The molecule has 0 aliphatic carbocycles. The van der Waals surface area contributed by atoms with E-state index in [4.69, 9.17) is 9.47 Å². The molecule has 4 bridgehead atoms. The number of carboxylic acid groups (broad SMARTS) is 1. The second-order valence-corrected chi connectivity index (χ2v) is 9.53. The Kier molecular flexibility index (Phi) is 6.55. The number of amides is 2. The Hall–Kier alpha value is -4.19. The molecular formula is C24H28N6O6. The first-order chi connectivity index (χ1) is 16.9. The third kappa shape index (κ3) is 5.23. The molecule has 1 aliphatic rings. The second-order valence-electron chi connectivity index (χ2n) is 9.53. The van der Waals surface area contributed by atoms with Crippen LogP contribution in [0.3, 0.4) is 0 Å². The number of carbonyl (C=O) groups excluding carboxylic acids is 2. The summed E-state index contributed by atoms with van der Waals surface area (Å²) in [6.07, 6.45) is 0.715. The number of hydrogen-bond acceptors (Lipinski definition) is 8. The molecule has 190 valence electrons. The maximum absolute atomic E-state index is 13.0. The van der Waals surface area contributed by atoms with E-state index in [2.05, 4.69) is 20.7 Å². The number of nitrogens with one attached hydrogen (secondary N) is 2. The molecule has 12 heteroatoms. The first kappa shape index (κ1) is 24.9. The molecule has 36 heavy (non-hydrogen) atoms. The van der Waals surface area contributed by atoms with E-state index in [1.165, 1.54) is 34.8 Å². The van der Waals surface area contributed by atoms with Crippen molar-refractivity contribution in [3.63, 3.8) is 0 Å². The van der Waals surface area contributed by atoms with E-state index < -0.39 is 23.6 Å². The van der Waals surface area contributed by atoms with E-state index in [-0.39, 0.29) is 53.4 Å². The highest BCUT2D eigenvalue weighted by atomic mass is 16.6. The van der Waals surface area contributed by atoms with Gasteiger partial charge in [0.05, 0.1) is 30.7 Å². The summed E-state index contributed by atoms with van der Waals surface area (Å²) in [6, 6.07) is 6.01. The average molecular weight is 497 g/mol. The Morgan fingerprint density at radius 3 is 2.72 bits per heavy atom. The van der Waals surface area contributed by atoms with Gasteiger partial charge in [-0.15, -0.1) is 0 Å². The quantitative estimate of drug-likeness (QED) is 0.486. The number of rotatable bonds is 2. The van der Waals surface area contributed by atoms with Gasteiger partial charge in [-0.1, -0.05) is 6.07 Å². The lowest BCUT2D eigenvalue weighted by Gasteiger charge is -2.25. The van der Waals surface area contributed by atoms with Crippen molar-refractivity contribution in [3.05, 3.63) is 47.2 Å². The third-order valence-electron chi connectivity index (χ3n) is 5.30. The Bertz CT molecular complexity index is 1340. The van der Waals surface area contributed by atoms with Crippen molar-refractivity contribution in [2.24, 2.45) is 0 Å². The minimum absolute atomic E-state index is 0.0226. The van der Waals surface area contributed by atoms with Gasteiger partial charge in [-0.3, -0.25) is 9.69 Å². The molecular weight excluding hydrogens is 468 g/mol. The van der Waals surface area contributed by atoms with E-state index in [0.717, 1.165) is 5.56 Å². The minimum atomic E-state index is -1.13. The summed E-state index contributed by atoms with van der Waals surface area (Å²) in [5.41, 5.74) is 0.637. The van der Waals surface area contributed by atoms with Crippen molar-refractivity contribution in [3.8, 4) is 0 Å². The normalized spacial score (nSPS) is 16.1. The van der Waals surface area contributed by atoms with Crippen LogP contribution in [0.5, 0.6) is 0 Å². The number of carboxylic acids is 1. The maximum Gasteiger partial charge on any atom is 0.415 e. The van der Waals surface area contributed by atoms with Gasteiger partial charge >= 0.3 is 12.1 Å². The van der Waals surface area contributed by atoms with Crippen molar-refractivity contribution in [2.45, 2.75) is 45.9 Å². The van der Waals surface area contributed by atoms with E-state index in [1.807, 2.05) is 0 Å². The highest BCUT2D eigenvalue weighted by Gasteiger charge is 2.26. The molecule has 3 heterocycles. The zero-order valence-electron chi connectivity index (χ0n) is 20.7. The van der Waals surface area contributed by atoms with E-state index in [1.54, 1.807) is 39.8 Å². The largest absolute Gasteiger partial charge is 0.478 e. The van der Waals surface area contributed by atoms with Crippen LogP contribution in [-0.2, 0) is 16.1 Å². The van der Waals surface area contributed by atoms with Gasteiger partial charge in [-0.05, 0) is 45.4 Å². The number of aromatic carboxylic acids is 1. The number of aromatic nitrogens is 3. The summed E-state index contributed by atoms with van der Waals surface area (Å²) in [7, 11) is 1.51. The van der Waals surface area contributed by atoms with Crippen molar-refractivity contribution in [1.29, 1.82) is 0 Å². The predicted molar refractivity (Wildman–Crippen MR) is 131 cm³/mol. The van der Waals surface area contributed by atoms with Gasteiger partial charge in [0.15, 0.2) is 5.65 Å². The van der Waals surface area contributed by atoms with Crippen molar-refractivity contribution >= 4 is 40.9 Å². The summed E-state index contributed by atoms with van der Waals surface area (Å²) >= 11 is 0. The summed E-state index contributed by atoms with van der Waals surface area (Å²) in [4.78, 5) is 43.5. The fraction of sp³-hybridized carbons (Fsp3) is 0.375. The average Bonchev–Trinajstić information content (AvgIpc) is 3.20.